The van der Waals surface area contributed by atoms with Gasteiger partial charge < -0.3 is 19.9 Å². The number of hydrogen-bond donors (Lipinski definition) is 1. The molecule has 1 N–H and O–H groups in total. The zero-order valence-corrected chi connectivity index (χ0v) is 17.0. The van der Waals surface area contributed by atoms with Crippen molar-refractivity contribution in [1.82, 2.24) is 9.80 Å². The van der Waals surface area contributed by atoms with Gasteiger partial charge in [0.05, 0.1) is 13.0 Å². The zero-order valence-electron chi connectivity index (χ0n) is 17.0. The Kier molecular flexibility index (Phi) is 7.76. The van der Waals surface area contributed by atoms with Crippen LogP contribution in [0.1, 0.15) is 38.7 Å². The summed E-state index contributed by atoms with van der Waals surface area (Å²) in [6.45, 7) is 6.61. The van der Waals surface area contributed by atoms with E-state index in [1.807, 2.05) is 18.0 Å². The lowest BCUT2D eigenvalue weighted by Gasteiger charge is -2.38. The molecule has 2 atom stereocenters. The van der Waals surface area contributed by atoms with Crippen molar-refractivity contribution in [3.05, 3.63) is 23.8 Å². The number of amides is 1. The van der Waals surface area contributed by atoms with Crippen molar-refractivity contribution in [3.8, 4) is 5.75 Å². The van der Waals surface area contributed by atoms with Crippen LogP contribution in [0.4, 0.5) is 5.69 Å². The SMILES string of the molecule is CCN(CC)C(=O)C1CCC(CCc2cc(OC)ccc2NC)N(C)C1. The van der Waals surface area contributed by atoms with E-state index in [0.29, 0.717) is 11.9 Å². The second-order valence-corrected chi connectivity index (χ2v) is 7.19. The van der Waals surface area contributed by atoms with Gasteiger partial charge in [-0.2, -0.15) is 0 Å². The van der Waals surface area contributed by atoms with Crippen LogP contribution in [0.3, 0.4) is 0 Å². The molecule has 1 saturated heterocycles. The van der Waals surface area contributed by atoms with E-state index in [1.54, 1.807) is 7.11 Å². The molecular formula is C21H35N3O2. The van der Waals surface area contributed by atoms with E-state index in [9.17, 15) is 4.79 Å². The predicted molar refractivity (Wildman–Crippen MR) is 108 cm³/mol. The Labute approximate surface area is 158 Å². The van der Waals surface area contributed by atoms with Gasteiger partial charge in [-0.15, -0.1) is 0 Å². The van der Waals surface area contributed by atoms with Crippen molar-refractivity contribution in [2.75, 3.05) is 46.2 Å². The number of piperidine rings is 1. The molecule has 0 aliphatic carbocycles. The zero-order chi connectivity index (χ0) is 19.1. The monoisotopic (exact) mass is 361 g/mol. The lowest BCUT2D eigenvalue weighted by Crippen LogP contribution is -2.47. The van der Waals surface area contributed by atoms with E-state index in [1.165, 1.54) is 11.3 Å². The lowest BCUT2D eigenvalue weighted by molar-refractivity contribution is -0.137. The third-order valence-corrected chi connectivity index (χ3v) is 5.73. The highest BCUT2D eigenvalue weighted by atomic mass is 16.5. The molecule has 5 heteroatoms. The number of carbonyl (C=O) groups excluding carboxylic acids is 1. The van der Waals surface area contributed by atoms with Crippen LogP contribution in [0.2, 0.25) is 0 Å². The number of likely N-dealkylation sites (tertiary alicyclic amines) is 1. The van der Waals surface area contributed by atoms with Crippen LogP contribution in [-0.4, -0.2) is 62.6 Å². The first-order valence-electron chi connectivity index (χ1n) is 9.87. The van der Waals surface area contributed by atoms with Gasteiger partial charge in [0, 0.05) is 38.4 Å². The summed E-state index contributed by atoms with van der Waals surface area (Å²) in [6.07, 6.45) is 4.20. The summed E-state index contributed by atoms with van der Waals surface area (Å²) in [7, 11) is 5.83. The number of methoxy groups -OCH3 is 1. The number of benzene rings is 1. The average Bonchev–Trinajstić information content (AvgIpc) is 2.67. The number of nitrogens with one attached hydrogen (secondary N) is 1. The van der Waals surface area contributed by atoms with E-state index in [4.69, 9.17) is 4.74 Å². The van der Waals surface area contributed by atoms with Gasteiger partial charge in [-0.25, -0.2) is 0 Å². The molecule has 1 aliphatic rings. The number of nitrogens with zero attached hydrogens (tertiary/aromatic N) is 2. The van der Waals surface area contributed by atoms with Crippen LogP contribution in [0.25, 0.3) is 0 Å². The van der Waals surface area contributed by atoms with Crippen molar-refractivity contribution >= 4 is 11.6 Å². The van der Waals surface area contributed by atoms with E-state index in [2.05, 4.69) is 43.2 Å². The van der Waals surface area contributed by atoms with Crippen molar-refractivity contribution in [2.24, 2.45) is 5.92 Å². The number of aryl methyl sites for hydroxylation is 1. The summed E-state index contributed by atoms with van der Waals surface area (Å²) in [4.78, 5) is 17.0. The number of hydrogen-bond acceptors (Lipinski definition) is 4. The van der Waals surface area contributed by atoms with Crippen LogP contribution in [0.5, 0.6) is 5.75 Å². The van der Waals surface area contributed by atoms with Crippen molar-refractivity contribution in [2.45, 2.75) is 45.6 Å². The topological polar surface area (TPSA) is 44.8 Å². The molecule has 1 amide bonds. The standard InChI is InChI=1S/C21H35N3O2/c1-6-24(7-2)21(25)17-9-11-18(23(4)15-17)10-8-16-14-19(26-5)12-13-20(16)22-3/h12-14,17-18,22H,6-11,15H2,1-5H3. The molecule has 1 aliphatic heterocycles. The second-order valence-electron chi connectivity index (χ2n) is 7.19. The minimum Gasteiger partial charge on any atom is -0.497 e. The Morgan fingerprint density at radius 3 is 2.62 bits per heavy atom. The predicted octanol–water partition coefficient (Wildman–Crippen LogP) is 3.25. The third-order valence-electron chi connectivity index (χ3n) is 5.73. The molecule has 0 radical (unpaired) electrons. The van der Waals surface area contributed by atoms with Crippen LogP contribution in [0.15, 0.2) is 18.2 Å². The summed E-state index contributed by atoms with van der Waals surface area (Å²) in [5.74, 6) is 1.38. The average molecular weight is 362 g/mol. The Hall–Kier alpha value is -1.75. The van der Waals surface area contributed by atoms with E-state index in [-0.39, 0.29) is 5.92 Å². The lowest BCUT2D eigenvalue weighted by atomic mass is 9.89. The van der Waals surface area contributed by atoms with Crippen LogP contribution in [0, 0.1) is 5.92 Å². The fourth-order valence-corrected chi connectivity index (χ4v) is 4.03. The largest absolute Gasteiger partial charge is 0.497 e. The van der Waals surface area contributed by atoms with E-state index >= 15 is 0 Å². The molecule has 146 valence electrons. The van der Waals surface area contributed by atoms with Crippen LogP contribution >= 0.6 is 0 Å². The summed E-state index contributed by atoms with van der Waals surface area (Å²) in [5, 5.41) is 3.27. The highest BCUT2D eigenvalue weighted by Gasteiger charge is 2.31. The van der Waals surface area contributed by atoms with Gasteiger partial charge in [0.2, 0.25) is 5.91 Å². The Morgan fingerprint density at radius 1 is 1.31 bits per heavy atom. The Morgan fingerprint density at radius 2 is 2.04 bits per heavy atom. The van der Waals surface area contributed by atoms with Gasteiger partial charge >= 0.3 is 0 Å². The summed E-state index contributed by atoms with van der Waals surface area (Å²) >= 11 is 0. The van der Waals surface area contributed by atoms with Crippen molar-refractivity contribution in [3.63, 3.8) is 0 Å². The molecule has 0 aromatic heterocycles. The maximum Gasteiger partial charge on any atom is 0.226 e. The van der Waals surface area contributed by atoms with Crippen LogP contribution < -0.4 is 10.1 Å². The molecular weight excluding hydrogens is 326 g/mol. The maximum atomic E-state index is 12.6. The number of anilines is 1. The van der Waals surface area contributed by atoms with Gasteiger partial charge in [0.1, 0.15) is 5.75 Å². The van der Waals surface area contributed by atoms with Crippen molar-refractivity contribution < 1.29 is 9.53 Å². The number of ether oxygens (including phenoxy) is 1. The molecule has 5 nitrogen and oxygen atoms in total. The molecule has 0 saturated carbocycles. The Balaban J connectivity index is 1.94. The van der Waals surface area contributed by atoms with Gasteiger partial charge in [-0.1, -0.05) is 0 Å². The summed E-state index contributed by atoms with van der Waals surface area (Å²) in [6, 6.07) is 6.73. The summed E-state index contributed by atoms with van der Waals surface area (Å²) in [5.41, 5.74) is 2.46. The second kappa shape index (κ2) is 9.81. The third kappa shape index (κ3) is 4.91. The minimum absolute atomic E-state index is 0.154. The first-order chi connectivity index (χ1) is 12.5. The number of carbonyl (C=O) groups is 1. The van der Waals surface area contributed by atoms with E-state index < -0.39 is 0 Å². The summed E-state index contributed by atoms with van der Waals surface area (Å²) < 4.78 is 5.37. The van der Waals surface area contributed by atoms with Gasteiger partial charge in [0.25, 0.3) is 0 Å². The highest BCUT2D eigenvalue weighted by molar-refractivity contribution is 5.79. The molecule has 1 heterocycles. The molecule has 2 unspecified atom stereocenters. The minimum atomic E-state index is 0.154. The first-order valence-corrected chi connectivity index (χ1v) is 9.87. The Bertz CT molecular complexity index is 587. The molecule has 26 heavy (non-hydrogen) atoms. The number of rotatable bonds is 8. The molecule has 1 fully saturated rings. The first kappa shape index (κ1) is 20.6. The van der Waals surface area contributed by atoms with Gasteiger partial charge in [0.15, 0.2) is 0 Å². The fraction of sp³-hybridized carbons (Fsp3) is 0.667. The smallest absolute Gasteiger partial charge is 0.226 e. The normalized spacial score (nSPS) is 20.7. The van der Waals surface area contributed by atoms with Crippen LogP contribution in [-0.2, 0) is 11.2 Å². The molecule has 1 aromatic carbocycles. The highest BCUT2D eigenvalue weighted by Crippen LogP contribution is 2.28. The molecule has 1 aromatic rings. The fourth-order valence-electron chi connectivity index (χ4n) is 4.03. The van der Waals surface area contributed by atoms with Gasteiger partial charge in [-0.3, -0.25) is 4.79 Å². The van der Waals surface area contributed by atoms with Crippen molar-refractivity contribution in [1.29, 1.82) is 0 Å². The molecule has 2 rings (SSSR count). The quantitative estimate of drug-likeness (QED) is 0.772. The van der Waals surface area contributed by atoms with Gasteiger partial charge in [-0.05, 0) is 70.3 Å². The molecule has 0 bridgehead atoms. The van der Waals surface area contributed by atoms with E-state index in [0.717, 1.165) is 51.1 Å². The maximum absolute atomic E-state index is 12.6. The molecule has 0 spiro atoms.